The summed E-state index contributed by atoms with van der Waals surface area (Å²) in [5, 5.41) is 7.90. The number of methoxy groups -OCH3 is 1. The number of para-hydroxylation sites is 1. The summed E-state index contributed by atoms with van der Waals surface area (Å²) in [6, 6.07) is 20.8. The number of oxazole rings is 1. The highest BCUT2D eigenvalue weighted by molar-refractivity contribution is 6.43. The zero-order chi connectivity index (χ0) is 24.6. The molecular weight excluding hydrogens is 448 g/mol. The maximum atomic E-state index is 12.4. The van der Waals surface area contributed by atoms with E-state index < -0.39 is 11.8 Å². The molecule has 0 bridgehead atoms. The summed E-state index contributed by atoms with van der Waals surface area (Å²) in [5.74, 6) is -0.947. The lowest BCUT2D eigenvalue weighted by atomic mass is 10.1. The van der Waals surface area contributed by atoms with Crippen molar-refractivity contribution in [3.05, 3.63) is 91.0 Å². The Balaban J connectivity index is 1.36. The van der Waals surface area contributed by atoms with Crippen LogP contribution in [0.1, 0.15) is 5.56 Å². The molecule has 3 amide bonds. The molecule has 1 aromatic heterocycles. The first kappa shape index (κ1) is 23.2. The predicted octanol–water partition coefficient (Wildman–Crippen LogP) is 4.11. The molecule has 0 saturated carbocycles. The van der Waals surface area contributed by atoms with E-state index in [1.807, 2.05) is 18.2 Å². The van der Waals surface area contributed by atoms with Crippen molar-refractivity contribution in [3.63, 3.8) is 0 Å². The molecule has 0 atom stereocenters. The van der Waals surface area contributed by atoms with Crippen LogP contribution in [0.4, 0.5) is 17.1 Å². The van der Waals surface area contributed by atoms with Gasteiger partial charge in [-0.1, -0.05) is 30.3 Å². The van der Waals surface area contributed by atoms with Crippen molar-refractivity contribution in [2.75, 3.05) is 23.1 Å². The van der Waals surface area contributed by atoms with E-state index in [0.29, 0.717) is 39.7 Å². The molecule has 9 nitrogen and oxygen atoms in total. The van der Waals surface area contributed by atoms with Crippen LogP contribution in [0.3, 0.4) is 0 Å². The normalized spacial score (nSPS) is 10.3. The molecule has 0 aliphatic heterocycles. The summed E-state index contributed by atoms with van der Waals surface area (Å²) in [7, 11) is 1.49. The second kappa shape index (κ2) is 10.8. The first-order chi connectivity index (χ1) is 17.0. The monoisotopic (exact) mass is 470 g/mol. The molecular formula is C26H22N4O5. The third kappa shape index (κ3) is 6.11. The standard InChI is InChI=1S/C26H22N4O5/c1-34-22-14-20(10-11-21(22)23-15-27-16-35-23)30-26(33)25(32)29-19-9-5-6-17(12-19)13-24(31)28-18-7-3-2-4-8-18/h2-12,14-16H,13H2,1H3,(H,28,31)(H,29,32)(H,30,33). The Morgan fingerprint density at radius 3 is 2.23 bits per heavy atom. The Hall–Kier alpha value is -4.92. The van der Waals surface area contributed by atoms with Crippen molar-refractivity contribution in [3.8, 4) is 17.1 Å². The predicted molar refractivity (Wildman–Crippen MR) is 131 cm³/mol. The molecule has 3 aromatic carbocycles. The molecule has 4 rings (SSSR count). The van der Waals surface area contributed by atoms with Crippen LogP contribution in [0, 0.1) is 0 Å². The number of aromatic nitrogens is 1. The van der Waals surface area contributed by atoms with Crippen LogP contribution in [0.15, 0.2) is 89.8 Å². The maximum absolute atomic E-state index is 12.4. The molecule has 4 aromatic rings. The highest BCUT2D eigenvalue weighted by Gasteiger charge is 2.17. The van der Waals surface area contributed by atoms with Crippen molar-refractivity contribution in [1.29, 1.82) is 0 Å². The van der Waals surface area contributed by atoms with E-state index in [9.17, 15) is 14.4 Å². The molecule has 3 N–H and O–H groups in total. The van der Waals surface area contributed by atoms with Gasteiger partial charge in [-0.3, -0.25) is 14.4 Å². The van der Waals surface area contributed by atoms with E-state index in [0.717, 1.165) is 0 Å². The molecule has 0 aliphatic carbocycles. The average Bonchev–Trinajstić information content (AvgIpc) is 3.39. The lowest BCUT2D eigenvalue weighted by Crippen LogP contribution is -2.29. The molecule has 35 heavy (non-hydrogen) atoms. The molecule has 0 spiro atoms. The van der Waals surface area contributed by atoms with Gasteiger partial charge in [-0.15, -0.1) is 0 Å². The van der Waals surface area contributed by atoms with Crippen molar-refractivity contribution in [1.82, 2.24) is 4.98 Å². The van der Waals surface area contributed by atoms with Crippen LogP contribution >= 0.6 is 0 Å². The first-order valence-corrected chi connectivity index (χ1v) is 10.6. The van der Waals surface area contributed by atoms with Gasteiger partial charge in [-0.2, -0.15) is 0 Å². The van der Waals surface area contributed by atoms with Crippen LogP contribution in [-0.2, 0) is 20.8 Å². The van der Waals surface area contributed by atoms with Gasteiger partial charge in [0.25, 0.3) is 0 Å². The van der Waals surface area contributed by atoms with Crippen molar-refractivity contribution >= 4 is 34.8 Å². The first-order valence-electron chi connectivity index (χ1n) is 10.6. The van der Waals surface area contributed by atoms with E-state index in [1.165, 1.54) is 13.5 Å². The van der Waals surface area contributed by atoms with E-state index >= 15 is 0 Å². The molecule has 176 valence electrons. The van der Waals surface area contributed by atoms with Gasteiger partial charge < -0.3 is 25.1 Å². The molecule has 0 saturated heterocycles. The van der Waals surface area contributed by atoms with Crippen molar-refractivity contribution < 1.29 is 23.5 Å². The fraction of sp³-hybridized carbons (Fsp3) is 0.0769. The number of nitrogens with zero attached hydrogens (tertiary/aromatic N) is 1. The number of amides is 3. The summed E-state index contributed by atoms with van der Waals surface area (Å²) < 4.78 is 10.6. The van der Waals surface area contributed by atoms with Gasteiger partial charge in [0.05, 0.1) is 25.3 Å². The van der Waals surface area contributed by atoms with Crippen molar-refractivity contribution in [2.24, 2.45) is 0 Å². The molecule has 0 fully saturated rings. The number of ether oxygens (including phenoxy) is 1. The van der Waals surface area contributed by atoms with Crippen LogP contribution in [0.25, 0.3) is 11.3 Å². The number of hydrogen-bond donors (Lipinski definition) is 3. The minimum Gasteiger partial charge on any atom is -0.496 e. The molecule has 1 heterocycles. The number of benzene rings is 3. The van der Waals surface area contributed by atoms with Crippen LogP contribution in [0.5, 0.6) is 5.75 Å². The Morgan fingerprint density at radius 2 is 1.54 bits per heavy atom. The van der Waals surface area contributed by atoms with E-state index in [2.05, 4.69) is 20.9 Å². The second-order valence-corrected chi connectivity index (χ2v) is 7.48. The Labute approximate surface area is 201 Å². The second-order valence-electron chi connectivity index (χ2n) is 7.48. The summed E-state index contributed by atoms with van der Waals surface area (Å²) in [4.78, 5) is 41.1. The van der Waals surface area contributed by atoms with Gasteiger partial charge in [0.15, 0.2) is 12.2 Å². The fourth-order valence-electron chi connectivity index (χ4n) is 3.37. The average molecular weight is 470 g/mol. The Bertz CT molecular complexity index is 1340. The largest absolute Gasteiger partial charge is 0.496 e. The molecule has 9 heteroatoms. The van der Waals surface area contributed by atoms with E-state index in [1.54, 1.807) is 60.8 Å². The molecule has 0 radical (unpaired) electrons. The van der Waals surface area contributed by atoms with Gasteiger partial charge in [0, 0.05) is 23.1 Å². The van der Waals surface area contributed by atoms with Gasteiger partial charge in [0.1, 0.15) is 5.75 Å². The quantitative estimate of drug-likeness (QED) is 0.350. The molecule has 0 unspecified atom stereocenters. The SMILES string of the molecule is COc1cc(NC(=O)C(=O)Nc2cccc(CC(=O)Nc3ccccc3)c2)ccc1-c1cnco1. The smallest absolute Gasteiger partial charge is 0.314 e. The Kier molecular flexibility index (Phi) is 7.17. The number of nitrogens with one attached hydrogen (secondary N) is 3. The Morgan fingerprint density at radius 1 is 0.829 bits per heavy atom. The van der Waals surface area contributed by atoms with Crippen LogP contribution in [0.2, 0.25) is 0 Å². The maximum Gasteiger partial charge on any atom is 0.314 e. The highest BCUT2D eigenvalue weighted by Crippen LogP contribution is 2.32. The number of rotatable bonds is 7. The van der Waals surface area contributed by atoms with Crippen molar-refractivity contribution in [2.45, 2.75) is 6.42 Å². The summed E-state index contributed by atoms with van der Waals surface area (Å²) in [6.07, 6.45) is 2.96. The van der Waals surface area contributed by atoms with Crippen LogP contribution in [-0.4, -0.2) is 29.8 Å². The minimum absolute atomic E-state index is 0.113. The van der Waals surface area contributed by atoms with Gasteiger partial charge >= 0.3 is 11.8 Å². The zero-order valence-electron chi connectivity index (χ0n) is 18.8. The molecule has 0 aliphatic rings. The lowest BCUT2D eigenvalue weighted by Gasteiger charge is -2.11. The number of hydrogen-bond acceptors (Lipinski definition) is 6. The van der Waals surface area contributed by atoms with E-state index in [-0.39, 0.29) is 12.3 Å². The third-order valence-corrected chi connectivity index (χ3v) is 4.97. The summed E-state index contributed by atoms with van der Waals surface area (Å²) >= 11 is 0. The van der Waals surface area contributed by atoms with E-state index in [4.69, 9.17) is 9.15 Å². The topological polar surface area (TPSA) is 123 Å². The zero-order valence-corrected chi connectivity index (χ0v) is 18.8. The number of carbonyl (C=O) groups is 3. The number of anilines is 3. The summed E-state index contributed by atoms with van der Waals surface area (Å²) in [5.41, 5.74) is 2.80. The van der Waals surface area contributed by atoms with Gasteiger partial charge in [0.2, 0.25) is 5.91 Å². The third-order valence-electron chi connectivity index (χ3n) is 4.97. The highest BCUT2D eigenvalue weighted by atomic mass is 16.5. The van der Waals surface area contributed by atoms with Gasteiger partial charge in [-0.25, -0.2) is 4.98 Å². The lowest BCUT2D eigenvalue weighted by molar-refractivity contribution is -0.132. The fourth-order valence-corrected chi connectivity index (χ4v) is 3.37. The van der Waals surface area contributed by atoms with Crippen LogP contribution < -0.4 is 20.7 Å². The number of carbonyl (C=O) groups excluding carboxylic acids is 3. The summed E-state index contributed by atoms with van der Waals surface area (Å²) in [6.45, 7) is 0. The minimum atomic E-state index is -0.855. The van der Waals surface area contributed by atoms with Gasteiger partial charge in [-0.05, 0) is 42.0 Å².